The zero-order chi connectivity index (χ0) is 19.2. The number of unbranched alkanes of at least 4 members (excludes halogenated alkanes) is 3. The lowest BCUT2D eigenvalue weighted by Crippen LogP contribution is -2.39. The molecule has 2 aromatic heterocycles. The van der Waals surface area contributed by atoms with Crippen molar-refractivity contribution in [3.8, 4) is 0 Å². The Hall–Kier alpha value is -2.22. The molecular weight excluding hydrogens is 344 g/mol. The van der Waals surface area contributed by atoms with E-state index < -0.39 is 0 Å². The van der Waals surface area contributed by atoms with Gasteiger partial charge in [0.05, 0.1) is 12.3 Å². The summed E-state index contributed by atoms with van der Waals surface area (Å²) in [6.07, 6.45) is 8.75. The number of nitrogens with one attached hydrogen (secondary N) is 1. The van der Waals surface area contributed by atoms with Crippen LogP contribution in [0.3, 0.4) is 0 Å². The van der Waals surface area contributed by atoms with Gasteiger partial charge in [-0.2, -0.15) is 14.6 Å². The first kappa shape index (κ1) is 19.5. The molecule has 1 aliphatic heterocycles. The molecule has 0 spiro atoms. The summed E-state index contributed by atoms with van der Waals surface area (Å²) in [5.41, 5.74) is 2.01. The smallest absolute Gasteiger partial charge is 0.227 e. The number of carbonyl (C=O) groups is 1. The first-order valence-corrected chi connectivity index (χ1v) is 9.93. The summed E-state index contributed by atoms with van der Waals surface area (Å²) in [4.78, 5) is 22.9. The Labute approximate surface area is 160 Å². The summed E-state index contributed by atoms with van der Waals surface area (Å²) >= 11 is 0. The highest BCUT2D eigenvalue weighted by Crippen LogP contribution is 2.17. The maximum Gasteiger partial charge on any atom is 0.227 e. The molecule has 27 heavy (non-hydrogen) atoms. The zero-order valence-electron chi connectivity index (χ0n) is 16.3. The topological polar surface area (TPSA) is 95.7 Å². The van der Waals surface area contributed by atoms with Gasteiger partial charge in [-0.15, -0.1) is 0 Å². The quantitative estimate of drug-likeness (QED) is 0.686. The lowest BCUT2D eigenvalue weighted by Gasteiger charge is -2.29. The maximum absolute atomic E-state index is 12.2. The van der Waals surface area contributed by atoms with E-state index in [1.807, 2.05) is 25.1 Å². The summed E-state index contributed by atoms with van der Waals surface area (Å²) in [7, 11) is 1.83. The number of anilines is 1. The van der Waals surface area contributed by atoms with Crippen LogP contribution in [0.4, 0.5) is 5.95 Å². The van der Waals surface area contributed by atoms with E-state index in [2.05, 4.69) is 20.4 Å². The minimum absolute atomic E-state index is 0.229. The van der Waals surface area contributed by atoms with Gasteiger partial charge in [0.15, 0.2) is 5.65 Å². The molecule has 0 unspecified atom stereocenters. The molecular formula is C19H30N6O2. The summed E-state index contributed by atoms with van der Waals surface area (Å²) in [5.74, 6) is 1.67. The summed E-state index contributed by atoms with van der Waals surface area (Å²) in [5, 5.41) is 17.0. The van der Waals surface area contributed by atoms with Crippen LogP contribution in [0.1, 0.15) is 56.3 Å². The number of piperidine rings is 1. The molecule has 148 valence electrons. The predicted octanol–water partition coefficient (Wildman–Crippen LogP) is 1.95. The van der Waals surface area contributed by atoms with Crippen LogP contribution in [0.5, 0.6) is 0 Å². The number of aryl methyl sites for hydroxylation is 2. The Balaban J connectivity index is 1.39. The zero-order valence-corrected chi connectivity index (χ0v) is 16.3. The second-order valence-electron chi connectivity index (χ2n) is 7.28. The molecule has 0 bridgehead atoms. The van der Waals surface area contributed by atoms with Gasteiger partial charge in [-0.25, -0.2) is 4.98 Å². The number of likely N-dealkylation sites (tertiary alicyclic amines) is 1. The highest BCUT2D eigenvalue weighted by Gasteiger charge is 2.20. The van der Waals surface area contributed by atoms with Gasteiger partial charge in [-0.05, 0) is 39.0 Å². The standard InChI is InChI=1S/C19H30N6O2/c1-14-22-18-15(13-21-25(18)19(20-2)23-14)7-5-3-4-6-8-17(27)24-11-9-16(26)10-12-24/h13,16,26H,3-12H2,1-2H3,(H,20,22,23). The fourth-order valence-electron chi connectivity index (χ4n) is 3.59. The lowest BCUT2D eigenvalue weighted by atomic mass is 10.1. The molecule has 3 rings (SSSR count). The fourth-order valence-corrected chi connectivity index (χ4v) is 3.59. The number of aromatic nitrogens is 4. The molecule has 0 aromatic carbocycles. The first-order valence-electron chi connectivity index (χ1n) is 9.93. The predicted molar refractivity (Wildman–Crippen MR) is 104 cm³/mol. The van der Waals surface area contributed by atoms with Crippen molar-refractivity contribution in [1.82, 2.24) is 24.5 Å². The lowest BCUT2D eigenvalue weighted by molar-refractivity contribution is -0.133. The van der Waals surface area contributed by atoms with Gasteiger partial charge >= 0.3 is 0 Å². The van der Waals surface area contributed by atoms with Crippen molar-refractivity contribution in [2.45, 2.75) is 64.4 Å². The molecule has 3 heterocycles. The molecule has 0 saturated carbocycles. The van der Waals surface area contributed by atoms with Gasteiger partial charge in [0.2, 0.25) is 11.9 Å². The van der Waals surface area contributed by atoms with E-state index >= 15 is 0 Å². The van der Waals surface area contributed by atoms with Crippen molar-refractivity contribution in [2.24, 2.45) is 0 Å². The third-order valence-electron chi connectivity index (χ3n) is 5.18. The summed E-state index contributed by atoms with van der Waals surface area (Å²) in [6, 6.07) is 0. The fraction of sp³-hybridized carbons (Fsp3) is 0.684. The average molecular weight is 374 g/mol. The Bertz CT molecular complexity index is 767. The largest absolute Gasteiger partial charge is 0.393 e. The molecule has 0 radical (unpaired) electrons. The molecule has 0 aliphatic carbocycles. The van der Waals surface area contributed by atoms with Crippen molar-refractivity contribution >= 4 is 17.5 Å². The molecule has 8 nitrogen and oxygen atoms in total. The minimum Gasteiger partial charge on any atom is -0.393 e. The van der Waals surface area contributed by atoms with Crippen molar-refractivity contribution in [2.75, 3.05) is 25.5 Å². The molecule has 0 atom stereocenters. The second-order valence-corrected chi connectivity index (χ2v) is 7.28. The normalized spacial score (nSPS) is 15.4. The monoisotopic (exact) mass is 374 g/mol. The van der Waals surface area contributed by atoms with Crippen molar-refractivity contribution in [3.05, 3.63) is 17.6 Å². The number of fused-ring (bicyclic) bond motifs is 1. The number of rotatable bonds is 8. The van der Waals surface area contributed by atoms with E-state index in [4.69, 9.17) is 0 Å². The number of aliphatic hydroxyl groups is 1. The van der Waals surface area contributed by atoms with Crippen LogP contribution in [0.15, 0.2) is 6.20 Å². The van der Waals surface area contributed by atoms with E-state index in [-0.39, 0.29) is 12.0 Å². The van der Waals surface area contributed by atoms with Crippen LogP contribution in [0, 0.1) is 6.92 Å². The van der Waals surface area contributed by atoms with Crippen molar-refractivity contribution in [3.63, 3.8) is 0 Å². The summed E-state index contributed by atoms with van der Waals surface area (Å²) < 4.78 is 1.75. The van der Waals surface area contributed by atoms with Crippen LogP contribution >= 0.6 is 0 Å². The molecule has 1 fully saturated rings. The summed E-state index contributed by atoms with van der Waals surface area (Å²) in [6.45, 7) is 3.28. The highest BCUT2D eigenvalue weighted by atomic mass is 16.3. The Morgan fingerprint density at radius 2 is 1.96 bits per heavy atom. The average Bonchev–Trinajstić information content (AvgIpc) is 3.07. The number of amides is 1. The number of nitrogens with zero attached hydrogens (tertiary/aromatic N) is 5. The van der Waals surface area contributed by atoms with Gasteiger partial charge in [-0.1, -0.05) is 12.8 Å². The van der Waals surface area contributed by atoms with Crippen LogP contribution in [0.2, 0.25) is 0 Å². The van der Waals surface area contributed by atoms with Crippen molar-refractivity contribution < 1.29 is 9.90 Å². The third-order valence-corrected chi connectivity index (χ3v) is 5.18. The Morgan fingerprint density at radius 1 is 1.22 bits per heavy atom. The van der Waals surface area contributed by atoms with Crippen molar-refractivity contribution in [1.29, 1.82) is 0 Å². The van der Waals surface area contributed by atoms with E-state index in [1.54, 1.807) is 4.52 Å². The molecule has 1 amide bonds. The van der Waals surface area contributed by atoms with E-state index in [0.29, 0.717) is 38.3 Å². The third kappa shape index (κ3) is 4.94. The Kier molecular flexibility index (Phi) is 6.60. The van der Waals surface area contributed by atoms with Gasteiger partial charge in [0, 0.05) is 32.1 Å². The van der Waals surface area contributed by atoms with E-state index in [1.165, 1.54) is 0 Å². The molecule has 1 aliphatic rings. The number of hydrogen-bond acceptors (Lipinski definition) is 6. The molecule has 1 saturated heterocycles. The van der Waals surface area contributed by atoms with Gasteiger partial charge in [0.1, 0.15) is 5.82 Å². The number of hydrogen-bond donors (Lipinski definition) is 2. The maximum atomic E-state index is 12.2. The second kappa shape index (κ2) is 9.12. The van der Waals surface area contributed by atoms with Crippen LogP contribution in [0.25, 0.3) is 5.65 Å². The molecule has 8 heteroatoms. The van der Waals surface area contributed by atoms with E-state index in [0.717, 1.165) is 49.1 Å². The Morgan fingerprint density at radius 3 is 2.70 bits per heavy atom. The first-order chi connectivity index (χ1) is 13.1. The van der Waals surface area contributed by atoms with Gasteiger partial charge < -0.3 is 15.3 Å². The van der Waals surface area contributed by atoms with Crippen LogP contribution < -0.4 is 5.32 Å². The van der Waals surface area contributed by atoms with E-state index in [9.17, 15) is 9.90 Å². The highest BCUT2D eigenvalue weighted by molar-refractivity contribution is 5.76. The molecule has 2 N–H and O–H groups in total. The van der Waals surface area contributed by atoms with Crippen LogP contribution in [-0.2, 0) is 11.2 Å². The number of carbonyl (C=O) groups excluding carboxylic acids is 1. The van der Waals surface area contributed by atoms with Crippen LogP contribution in [-0.4, -0.2) is 61.7 Å². The van der Waals surface area contributed by atoms with Gasteiger partial charge in [0.25, 0.3) is 0 Å². The minimum atomic E-state index is -0.229. The molecule has 2 aromatic rings. The van der Waals surface area contributed by atoms with Gasteiger partial charge in [-0.3, -0.25) is 4.79 Å². The SMILES string of the molecule is CNc1nc(C)nc2c(CCCCCCC(=O)N3CCC(O)CC3)cnn12. The number of aliphatic hydroxyl groups excluding tert-OH is 1.